The molecule has 0 aliphatic heterocycles. The molecule has 0 fully saturated rings. The van der Waals surface area contributed by atoms with E-state index >= 15 is 0 Å². The molecule has 1 aromatic heterocycles. The van der Waals surface area contributed by atoms with Gasteiger partial charge in [-0.05, 0) is 24.6 Å². The fourth-order valence-electron chi connectivity index (χ4n) is 2.37. The zero-order valence-electron chi connectivity index (χ0n) is 14.7. The Bertz CT molecular complexity index is 723. The molecule has 1 aromatic carbocycles. The second kappa shape index (κ2) is 9.41. The van der Waals surface area contributed by atoms with Gasteiger partial charge in [0.05, 0.1) is 6.54 Å². The van der Waals surface area contributed by atoms with Crippen LogP contribution in [0.5, 0.6) is 0 Å². The van der Waals surface area contributed by atoms with Crippen LogP contribution >= 0.6 is 0 Å². The number of hydrogen-bond donors (Lipinski definition) is 3. The second-order valence-corrected chi connectivity index (χ2v) is 5.48. The second-order valence-electron chi connectivity index (χ2n) is 5.48. The Balaban J connectivity index is 1.94. The third kappa shape index (κ3) is 5.59. The molecule has 134 valence electrons. The number of rotatable bonds is 8. The van der Waals surface area contributed by atoms with Gasteiger partial charge in [-0.1, -0.05) is 19.1 Å². The number of aryl methyl sites for hydroxylation is 1. The number of hydrogen-bond acceptors (Lipinski definition) is 4. The number of amides is 1. The molecule has 2 rings (SSSR count). The van der Waals surface area contributed by atoms with Gasteiger partial charge < -0.3 is 20.9 Å². The van der Waals surface area contributed by atoms with Crippen LogP contribution in [0.3, 0.4) is 0 Å². The largest absolute Gasteiger partial charge is 0.366 e. The van der Waals surface area contributed by atoms with Gasteiger partial charge in [-0.15, -0.1) is 10.2 Å². The van der Waals surface area contributed by atoms with Gasteiger partial charge in [0, 0.05) is 31.6 Å². The van der Waals surface area contributed by atoms with Crippen molar-refractivity contribution in [2.45, 2.75) is 33.4 Å². The van der Waals surface area contributed by atoms with Crippen LogP contribution in [0.4, 0.5) is 0 Å². The summed E-state index contributed by atoms with van der Waals surface area (Å²) in [7, 11) is 0. The van der Waals surface area contributed by atoms with Crippen molar-refractivity contribution in [2.75, 3.05) is 13.1 Å². The normalized spacial score (nSPS) is 11.4. The van der Waals surface area contributed by atoms with Gasteiger partial charge in [0.25, 0.3) is 0 Å². The van der Waals surface area contributed by atoms with Crippen LogP contribution in [0, 0.1) is 0 Å². The average Bonchev–Trinajstić information content (AvgIpc) is 3.07. The van der Waals surface area contributed by atoms with Gasteiger partial charge in [0.1, 0.15) is 12.2 Å². The lowest BCUT2D eigenvalue weighted by atomic mass is 10.1. The number of nitrogens with two attached hydrogens (primary N) is 1. The van der Waals surface area contributed by atoms with E-state index < -0.39 is 5.91 Å². The predicted molar refractivity (Wildman–Crippen MR) is 97.2 cm³/mol. The average molecular weight is 343 g/mol. The van der Waals surface area contributed by atoms with Gasteiger partial charge >= 0.3 is 0 Å². The molecular formula is C17H25N7O. The molecule has 0 atom stereocenters. The summed E-state index contributed by atoms with van der Waals surface area (Å²) in [6, 6.07) is 7.19. The van der Waals surface area contributed by atoms with E-state index in [1.54, 1.807) is 18.5 Å². The zero-order chi connectivity index (χ0) is 18.1. The van der Waals surface area contributed by atoms with Crippen LogP contribution in [0.1, 0.15) is 35.6 Å². The summed E-state index contributed by atoms with van der Waals surface area (Å²) in [6.45, 7) is 6.76. The van der Waals surface area contributed by atoms with E-state index in [2.05, 4.69) is 32.7 Å². The summed E-state index contributed by atoms with van der Waals surface area (Å²) < 4.78 is 2.02. The molecule has 0 saturated heterocycles. The van der Waals surface area contributed by atoms with Crippen LogP contribution in [-0.4, -0.2) is 39.7 Å². The van der Waals surface area contributed by atoms with Gasteiger partial charge in [0.15, 0.2) is 5.96 Å². The number of benzene rings is 1. The Labute approximate surface area is 147 Å². The first-order chi connectivity index (χ1) is 12.1. The van der Waals surface area contributed by atoms with Crippen LogP contribution < -0.4 is 16.4 Å². The highest BCUT2D eigenvalue weighted by Gasteiger charge is 2.03. The summed E-state index contributed by atoms with van der Waals surface area (Å²) in [5, 5.41) is 14.5. The minimum atomic E-state index is -0.434. The number of guanidine groups is 1. The van der Waals surface area contributed by atoms with Crippen molar-refractivity contribution in [1.29, 1.82) is 0 Å². The predicted octanol–water partition coefficient (Wildman–Crippen LogP) is 0.695. The Morgan fingerprint density at radius 1 is 1.32 bits per heavy atom. The zero-order valence-corrected chi connectivity index (χ0v) is 14.7. The van der Waals surface area contributed by atoms with Gasteiger partial charge in [-0.2, -0.15) is 0 Å². The van der Waals surface area contributed by atoms with E-state index in [1.165, 1.54) is 0 Å². The summed E-state index contributed by atoms with van der Waals surface area (Å²) in [6.07, 6.45) is 2.59. The fraction of sp³-hybridized carbons (Fsp3) is 0.412. The van der Waals surface area contributed by atoms with Crippen LogP contribution in [0.15, 0.2) is 35.6 Å². The first kappa shape index (κ1) is 18.4. The van der Waals surface area contributed by atoms with Gasteiger partial charge in [0.2, 0.25) is 5.91 Å². The van der Waals surface area contributed by atoms with E-state index in [0.717, 1.165) is 36.9 Å². The Morgan fingerprint density at radius 2 is 2.16 bits per heavy atom. The molecule has 0 aliphatic carbocycles. The highest BCUT2D eigenvalue weighted by molar-refractivity contribution is 5.92. The van der Waals surface area contributed by atoms with Crippen LogP contribution in [0.2, 0.25) is 0 Å². The first-order valence-corrected chi connectivity index (χ1v) is 8.41. The number of primary amides is 1. The Hall–Kier alpha value is -2.90. The minimum absolute atomic E-state index is 0.434. The van der Waals surface area contributed by atoms with E-state index in [9.17, 15) is 4.79 Å². The number of nitrogens with zero attached hydrogens (tertiary/aromatic N) is 4. The Kier molecular flexibility index (Phi) is 6.94. The highest BCUT2D eigenvalue weighted by Crippen LogP contribution is 2.06. The van der Waals surface area contributed by atoms with Gasteiger partial charge in [-0.25, -0.2) is 4.99 Å². The minimum Gasteiger partial charge on any atom is -0.366 e. The smallest absolute Gasteiger partial charge is 0.248 e. The molecule has 0 aliphatic rings. The topological polar surface area (TPSA) is 110 Å². The van der Waals surface area contributed by atoms with Crippen molar-refractivity contribution in [2.24, 2.45) is 10.7 Å². The van der Waals surface area contributed by atoms with Crippen LogP contribution in [0.25, 0.3) is 0 Å². The molecule has 8 nitrogen and oxygen atoms in total. The molecule has 0 radical (unpaired) electrons. The molecule has 25 heavy (non-hydrogen) atoms. The highest BCUT2D eigenvalue weighted by atomic mass is 16.1. The van der Waals surface area contributed by atoms with Crippen molar-refractivity contribution >= 4 is 11.9 Å². The molecule has 0 unspecified atom stereocenters. The Morgan fingerprint density at radius 3 is 2.88 bits per heavy atom. The lowest BCUT2D eigenvalue weighted by Crippen LogP contribution is -2.38. The first-order valence-electron chi connectivity index (χ1n) is 8.41. The lowest BCUT2D eigenvalue weighted by molar-refractivity contribution is 0.1000. The summed E-state index contributed by atoms with van der Waals surface area (Å²) in [5.74, 6) is 1.25. The fourth-order valence-corrected chi connectivity index (χ4v) is 2.37. The molecular weight excluding hydrogens is 318 g/mol. The number of aromatic nitrogens is 3. The number of carbonyl (C=O) groups is 1. The van der Waals surface area contributed by atoms with Crippen molar-refractivity contribution in [3.8, 4) is 0 Å². The van der Waals surface area contributed by atoms with Crippen molar-refractivity contribution in [1.82, 2.24) is 25.4 Å². The summed E-state index contributed by atoms with van der Waals surface area (Å²) in [4.78, 5) is 15.8. The summed E-state index contributed by atoms with van der Waals surface area (Å²) >= 11 is 0. The molecule has 4 N–H and O–H groups in total. The maximum absolute atomic E-state index is 11.2. The van der Waals surface area contributed by atoms with Gasteiger partial charge in [-0.3, -0.25) is 4.79 Å². The third-order valence-electron chi connectivity index (χ3n) is 3.63. The number of carbonyl (C=O) groups excluding carboxylic acids is 1. The molecule has 1 amide bonds. The van der Waals surface area contributed by atoms with E-state index in [0.29, 0.717) is 18.7 Å². The quantitative estimate of drug-likeness (QED) is 0.483. The van der Waals surface area contributed by atoms with Crippen molar-refractivity contribution in [3.05, 3.63) is 47.5 Å². The van der Waals surface area contributed by atoms with Crippen LogP contribution in [-0.2, 0) is 19.5 Å². The number of aliphatic imine (C=N–C) groups is 1. The molecule has 2 aromatic rings. The van der Waals surface area contributed by atoms with Crippen molar-refractivity contribution in [3.63, 3.8) is 0 Å². The van der Waals surface area contributed by atoms with E-state index in [4.69, 9.17) is 5.73 Å². The molecule has 0 bridgehead atoms. The van der Waals surface area contributed by atoms with E-state index in [1.807, 2.05) is 23.6 Å². The monoisotopic (exact) mass is 343 g/mol. The lowest BCUT2D eigenvalue weighted by Gasteiger charge is -2.12. The molecule has 0 saturated carbocycles. The van der Waals surface area contributed by atoms with E-state index in [-0.39, 0.29) is 0 Å². The summed E-state index contributed by atoms with van der Waals surface area (Å²) in [5.41, 5.74) is 6.73. The molecule has 8 heteroatoms. The maximum atomic E-state index is 11.2. The molecule has 1 heterocycles. The SMILES string of the molecule is CCNC(=NCc1cccc(C(N)=O)c1)NCCn1cnnc1CC. The molecule has 0 spiro atoms. The standard InChI is InChI=1S/C17H25N7O/c1-3-15-23-22-12-24(15)9-8-20-17(19-4-2)21-11-13-6-5-7-14(10-13)16(18)25/h5-7,10,12H,3-4,8-9,11H2,1-2H3,(H2,18,25)(H2,19,20,21). The third-order valence-corrected chi connectivity index (χ3v) is 3.63. The number of nitrogens with one attached hydrogen (secondary N) is 2. The van der Waals surface area contributed by atoms with Crippen molar-refractivity contribution < 1.29 is 4.79 Å². The maximum Gasteiger partial charge on any atom is 0.248 e.